The van der Waals surface area contributed by atoms with Gasteiger partial charge in [0.25, 0.3) is 0 Å². The molecule has 0 spiro atoms. The first-order valence-electron chi connectivity index (χ1n) is 10.7. The van der Waals surface area contributed by atoms with E-state index in [4.69, 9.17) is 4.74 Å². The van der Waals surface area contributed by atoms with Crippen molar-refractivity contribution < 1.29 is 14.3 Å². The Labute approximate surface area is 175 Å². The van der Waals surface area contributed by atoms with Crippen molar-refractivity contribution in [2.75, 3.05) is 26.2 Å². The Morgan fingerprint density at radius 2 is 1.76 bits per heavy atom. The third kappa shape index (κ3) is 8.44. The molecule has 0 saturated carbocycles. The van der Waals surface area contributed by atoms with Crippen LogP contribution in [-0.2, 0) is 9.53 Å². The van der Waals surface area contributed by atoms with E-state index in [0.29, 0.717) is 24.9 Å². The highest BCUT2D eigenvalue weighted by atomic mass is 16.6. The standard InChI is InChI=1S/C23H37N3O3/c1-17(2)21(19-9-7-6-8-10-19)25-20(27)16-26-13-11-18(12-14-26)15-24-22(28)29-23(3,4)5/h6-10,17-18,21H,11-16H2,1-5H3,(H,24,28)(H,25,27). The molecule has 1 heterocycles. The van der Waals surface area contributed by atoms with Crippen LogP contribution in [0.2, 0.25) is 0 Å². The maximum atomic E-state index is 12.6. The maximum Gasteiger partial charge on any atom is 0.407 e. The van der Waals surface area contributed by atoms with Crippen LogP contribution in [-0.4, -0.2) is 48.7 Å². The van der Waals surface area contributed by atoms with Crippen LogP contribution in [0.1, 0.15) is 59.1 Å². The summed E-state index contributed by atoms with van der Waals surface area (Å²) >= 11 is 0. The van der Waals surface area contributed by atoms with Gasteiger partial charge in [-0.3, -0.25) is 9.69 Å². The van der Waals surface area contributed by atoms with Crippen LogP contribution in [0.5, 0.6) is 0 Å². The molecule has 162 valence electrons. The van der Waals surface area contributed by atoms with E-state index in [-0.39, 0.29) is 18.0 Å². The molecule has 1 aromatic carbocycles. The van der Waals surface area contributed by atoms with Gasteiger partial charge in [-0.2, -0.15) is 0 Å². The van der Waals surface area contributed by atoms with Crippen molar-refractivity contribution in [3.63, 3.8) is 0 Å². The molecule has 2 N–H and O–H groups in total. The molecule has 2 rings (SSSR count). The molecule has 0 bridgehead atoms. The molecule has 0 aliphatic carbocycles. The fourth-order valence-corrected chi connectivity index (χ4v) is 3.61. The van der Waals surface area contributed by atoms with Crippen LogP contribution in [0.25, 0.3) is 0 Å². The van der Waals surface area contributed by atoms with Gasteiger partial charge in [-0.05, 0) is 64.1 Å². The van der Waals surface area contributed by atoms with Gasteiger partial charge in [0.2, 0.25) is 5.91 Å². The number of nitrogens with zero attached hydrogens (tertiary/aromatic N) is 1. The number of benzene rings is 1. The Kier molecular flexibility index (Phi) is 8.50. The quantitative estimate of drug-likeness (QED) is 0.728. The number of hydrogen-bond donors (Lipinski definition) is 2. The van der Waals surface area contributed by atoms with Gasteiger partial charge in [0, 0.05) is 6.54 Å². The van der Waals surface area contributed by atoms with Crippen molar-refractivity contribution >= 4 is 12.0 Å². The Morgan fingerprint density at radius 1 is 1.14 bits per heavy atom. The first kappa shape index (κ1) is 23.2. The van der Waals surface area contributed by atoms with Gasteiger partial charge in [0.1, 0.15) is 5.60 Å². The van der Waals surface area contributed by atoms with Gasteiger partial charge < -0.3 is 15.4 Å². The van der Waals surface area contributed by atoms with Crippen LogP contribution in [0.3, 0.4) is 0 Å². The van der Waals surface area contributed by atoms with Crippen LogP contribution in [0.4, 0.5) is 4.79 Å². The minimum atomic E-state index is -0.478. The van der Waals surface area contributed by atoms with Gasteiger partial charge in [0.05, 0.1) is 12.6 Å². The second-order valence-electron chi connectivity index (χ2n) is 9.30. The molecule has 1 aliphatic rings. The number of likely N-dealkylation sites (tertiary alicyclic amines) is 1. The van der Waals surface area contributed by atoms with Gasteiger partial charge in [-0.25, -0.2) is 4.79 Å². The third-order valence-electron chi connectivity index (χ3n) is 5.15. The third-order valence-corrected chi connectivity index (χ3v) is 5.15. The molecule has 0 aromatic heterocycles. The summed E-state index contributed by atoms with van der Waals surface area (Å²) in [6.07, 6.45) is 1.57. The number of alkyl carbamates (subject to hydrolysis) is 1. The summed E-state index contributed by atoms with van der Waals surface area (Å²) in [7, 11) is 0. The van der Waals surface area contributed by atoms with E-state index in [9.17, 15) is 9.59 Å². The predicted octanol–water partition coefficient (Wildman–Crippen LogP) is 3.74. The molecule has 1 aromatic rings. The fourth-order valence-electron chi connectivity index (χ4n) is 3.61. The van der Waals surface area contributed by atoms with Crippen LogP contribution in [0.15, 0.2) is 30.3 Å². The lowest BCUT2D eigenvalue weighted by molar-refractivity contribution is -0.123. The van der Waals surface area contributed by atoms with Gasteiger partial charge in [0.15, 0.2) is 0 Å². The molecule has 0 radical (unpaired) electrons. The molecule has 6 heteroatoms. The highest BCUT2D eigenvalue weighted by Crippen LogP contribution is 2.22. The highest BCUT2D eigenvalue weighted by molar-refractivity contribution is 5.78. The summed E-state index contributed by atoms with van der Waals surface area (Å²) in [5.74, 6) is 0.818. The van der Waals surface area contributed by atoms with E-state index in [2.05, 4.69) is 41.5 Å². The number of carbonyl (C=O) groups excluding carboxylic acids is 2. The van der Waals surface area contributed by atoms with E-state index in [0.717, 1.165) is 31.5 Å². The molecular weight excluding hydrogens is 366 g/mol. The molecule has 2 amide bonds. The van der Waals surface area contributed by atoms with Crippen molar-refractivity contribution in [2.45, 2.75) is 59.1 Å². The zero-order chi connectivity index (χ0) is 21.4. The molecular formula is C23H37N3O3. The molecule has 1 fully saturated rings. The summed E-state index contributed by atoms with van der Waals surface area (Å²) in [6.45, 7) is 12.6. The van der Waals surface area contributed by atoms with Crippen molar-refractivity contribution in [3.8, 4) is 0 Å². The lowest BCUT2D eigenvalue weighted by atomic mass is 9.95. The summed E-state index contributed by atoms with van der Waals surface area (Å²) in [5, 5.41) is 6.06. The maximum absolute atomic E-state index is 12.6. The minimum absolute atomic E-state index is 0.0271. The van der Waals surface area contributed by atoms with E-state index >= 15 is 0 Å². The monoisotopic (exact) mass is 403 g/mol. The largest absolute Gasteiger partial charge is 0.444 e. The molecule has 29 heavy (non-hydrogen) atoms. The lowest BCUT2D eigenvalue weighted by Gasteiger charge is -2.32. The zero-order valence-corrected chi connectivity index (χ0v) is 18.5. The van der Waals surface area contributed by atoms with Crippen molar-refractivity contribution in [1.82, 2.24) is 15.5 Å². The SMILES string of the molecule is CC(C)C(NC(=O)CN1CCC(CNC(=O)OC(C)(C)C)CC1)c1ccccc1. The summed E-state index contributed by atoms with van der Waals surface area (Å²) in [4.78, 5) is 26.6. The highest BCUT2D eigenvalue weighted by Gasteiger charge is 2.24. The molecule has 1 atom stereocenters. The van der Waals surface area contributed by atoms with Crippen molar-refractivity contribution in [1.29, 1.82) is 0 Å². The normalized spacial score (nSPS) is 17.0. The second-order valence-corrected chi connectivity index (χ2v) is 9.30. The van der Waals surface area contributed by atoms with Gasteiger partial charge in [-0.1, -0.05) is 44.2 Å². The van der Waals surface area contributed by atoms with E-state index < -0.39 is 5.60 Å². The van der Waals surface area contributed by atoms with Crippen LogP contribution >= 0.6 is 0 Å². The number of hydrogen-bond acceptors (Lipinski definition) is 4. The van der Waals surface area contributed by atoms with Gasteiger partial charge in [-0.15, -0.1) is 0 Å². The molecule has 1 saturated heterocycles. The van der Waals surface area contributed by atoms with Crippen LogP contribution < -0.4 is 10.6 Å². The summed E-state index contributed by atoms with van der Waals surface area (Å²) in [6, 6.07) is 10.2. The van der Waals surface area contributed by atoms with E-state index in [1.54, 1.807) is 0 Å². The smallest absolute Gasteiger partial charge is 0.407 e. The van der Waals surface area contributed by atoms with E-state index in [1.165, 1.54) is 0 Å². The number of nitrogens with one attached hydrogen (secondary N) is 2. The number of rotatable bonds is 7. The number of ether oxygens (including phenoxy) is 1. The van der Waals surface area contributed by atoms with Crippen molar-refractivity contribution in [3.05, 3.63) is 35.9 Å². The average Bonchev–Trinajstić information content (AvgIpc) is 2.64. The Morgan fingerprint density at radius 3 is 2.31 bits per heavy atom. The Balaban J connectivity index is 1.73. The van der Waals surface area contributed by atoms with Gasteiger partial charge >= 0.3 is 6.09 Å². The van der Waals surface area contributed by atoms with Crippen LogP contribution in [0, 0.1) is 11.8 Å². The lowest BCUT2D eigenvalue weighted by Crippen LogP contribution is -2.45. The Hall–Kier alpha value is -2.08. The number of amides is 2. The summed E-state index contributed by atoms with van der Waals surface area (Å²) < 4.78 is 5.28. The topological polar surface area (TPSA) is 70.7 Å². The molecule has 1 aliphatic heterocycles. The van der Waals surface area contributed by atoms with E-state index in [1.807, 2.05) is 39.0 Å². The second kappa shape index (κ2) is 10.6. The minimum Gasteiger partial charge on any atom is -0.444 e. The fraction of sp³-hybridized carbons (Fsp3) is 0.652. The molecule has 1 unspecified atom stereocenters. The number of carbonyl (C=O) groups is 2. The first-order valence-corrected chi connectivity index (χ1v) is 10.7. The van der Waals surface area contributed by atoms with Crippen molar-refractivity contribution in [2.24, 2.45) is 11.8 Å². The zero-order valence-electron chi connectivity index (χ0n) is 18.5. The average molecular weight is 404 g/mol. The number of piperidine rings is 1. The predicted molar refractivity (Wildman–Crippen MR) is 116 cm³/mol. The molecule has 6 nitrogen and oxygen atoms in total. The summed E-state index contributed by atoms with van der Waals surface area (Å²) in [5.41, 5.74) is 0.664. The first-order chi connectivity index (χ1) is 13.6. The Bertz CT molecular complexity index is 647.